The summed E-state index contributed by atoms with van der Waals surface area (Å²) in [6.45, 7) is 0.778. The molecule has 0 bridgehead atoms. The van der Waals surface area contributed by atoms with Gasteiger partial charge in [0.1, 0.15) is 5.82 Å². The van der Waals surface area contributed by atoms with Crippen molar-refractivity contribution in [3.63, 3.8) is 0 Å². The summed E-state index contributed by atoms with van der Waals surface area (Å²) in [5.74, 6) is 0.632. The Morgan fingerprint density at radius 2 is 2.04 bits per heavy atom. The molecule has 0 unspecified atom stereocenters. The Morgan fingerprint density at radius 3 is 2.79 bits per heavy atom. The van der Waals surface area contributed by atoms with E-state index in [2.05, 4.69) is 19.9 Å². The maximum absolute atomic E-state index is 12.4. The van der Waals surface area contributed by atoms with Gasteiger partial charge < -0.3 is 14.9 Å². The average molecular weight is 321 g/mol. The molecule has 2 N–H and O–H groups in total. The Bertz CT molecular complexity index is 931. The standard InChI is InChI=1S/C17H15N5O2/c23-16-12-6-9-22(17(24)15-18-7-8-19-15)10-13(12)20-14(21-16)11-4-2-1-3-5-11/h1-5,7-8H,6,9-10H2,(H,18,19)(H,20,21,23). The first kappa shape index (κ1) is 14.4. The summed E-state index contributed by atoms with van der Waals surface area (Å²) in [4.78, 5) is 40.7. The van der Waals surface area contributed by atoms with Crippen LogP contribution in [0.1, 0.15) is 21.9 Å². The average Bonchev–Trinajstić information content (AvgIpc) is 3.16. The number of rotatable bonds is 2. The summed E-state index contributed by atoms with van der Waals surface area (Å²) >= 11 is 0. The zero-order valence-electron chi connectivity index (χ0n) is 12.8. The van der Waals surface area contributed by atoms with E-state index in [9.17, 15) is 9.59 Å². The lowest BCUT2D eigenvalue weighted by atomic mass is 10.1. The highest BCUT2D eigenvalue weighted by Gasteiger charge is 2.26. The van der Waals surface area contributed by atoms with E-state index in [0.29, 0.717) is 42.4 Å². The highest BCUT2D eigenvalue weighted by molar-refractivity contribution is 5.90. The molecule has 7 nitrogen and oxygen atoms in total. The zero-order chi connectivity index (χ0) is 16.5. The molecule has 3 aromatic rings. The van der Waals surface area contributed by atoms with Gasteiger partial charge in [0.25, 0.3) is 11.5 Å². The number of hydrogen-bond acceptors (Lipinski definition) is 4. The van der Waals surface area contributed by atoms with Gasteiger partial charge in [0.05, 0.1) is 12.2 Å². The maximum Gasteiger partial charge on any atom is 0.290 e. The smallest absolute Gasteiger partial charge is 0.290 e. The van der Waals surface area contributed by atoms with Crippen LogP contribution < -0.4 is 5.56 Å². The largest absolute Gasteiger partial charge is 0.341 e. The molecule has 24 heavy (non-hydrogen) atoms. The van der Waals surface area contributed by atoms with E-state index in [1.807, 2.05) is 30.3 Å². The van der Waals surface area contributed by atoms with Gasteiger partial charge in [-0.3, -0.25) is 9.59 Å². The topological polar surface area (TPSA) is 94.7 Å². The van der Waals surface area contributed by atoms with Crippen molar-refractivity contribution in [3.8, 4) is 11.4 Å². The number of carbonyl (C=O) groups is 1. The molecule has 0 atom stereocenters. The number of nitrogens with one attached hydrogen (secondary N) is 2. The molecule has 0 saturated carbocycles. The summed E-state index contributed by atoms with van der Waals surface area (Å²) in [6, 6.07) is 9.46. The lowest BCUT2D eigenvalue weighted by molar-refractivity contribution is 0.0720. The van der Waals surface area contributed by atoms with E-state index in [1.165, 1.54) is 0 Å². The Labute approximate surface area is 137 Å². The molecule has 4 rings (SSSR count). The van der Waals surface area contributed by atoms with E-state index < -0.39 is 0 Å². The molecule has 1 aliphatic rings. The first-order chi connectivity index (χ1) is 11.7. The van der Waals surface area contributed by atoms with Gasteiger partial charge in [-0.2, -0.15) is 0 Å². The molecule has 0 aliphatic carbocycles. The normalized spacial score (nSPS) is 13.6. The first-order valence-corrected chi connectivity index (χ1v) is 7.68. The molecule has 0 radical (unpaired) electrons. The summed E-state index contributed by atoms with van der Waals surface area (Å²) in [7, 11) is 0. The van der Waals surface area contributed by atoms with Crippen molar-refractivity contribution in [2.24, 2.45) is 0 Å². The van der Waals surface area contributed by atoms with Crippen LogP contribution in [0.25, 0.3) is 11.4 Å². The molecule has 3 heterocycles. The van der Waals surface area contributed by atoms with Crippen LogP contribution in [0.15, 0.2) is 47.5 Å². The highest BCUT2D eigenvalue weighted by Crippen LogP contribution is 2.19. The van der Waals surface area contributed by atoms with Gasteiger partial charge in [0, 0.05) is 30.1 Å². The number of benzene rings is 1. The minimum Gasteiger partial charge on any atom is -0.341 e. The van der Waals surface area contributed by atoms with Gasteiger partial charge in [0.2, 0.25) is 0 Å². The predicted octanol–water partition coefficient (Wildman–Crippen LogP) is 1.36. The summed E-state index contributed by atoms with van der Waals surface area (Å²) in [6.07, 6.45) is 3.64. The SMILES string of the molecule is O=C(c1ncc[nH]1)N1CCc2c(nc(-c3ccccc3)[nH]c2=O)C1. The zero-order valence-corrected chi connectivity index (χ0v) is 12.8. The maximum atomic E-state index is 12.4. The third kappa shape index (κ3) is 2.50. The van der Waals surface area contributed by atoms with Crippen LogP contribution in [-0.2, 0) is 13.0 Å². The number of amides is 1. The van der Waals surface area contributed by atoms with Crippen molar-refractivity contribution in [2.75, 3.05) is 6.54 Å². The Kier molecular flexibility index (Phi) is 3.45. The summed E-state index contributed by atoms with van der Waals surface area (Å²) in [5, 5.41) is 0. The fraction of sp³-hybridized carbons (Fsp3) is 0.176. The summed E-state index contributed by atoms with van der Waals surface area (Å²) in [5.41, 5.74) is 2.00. The van der Waals surface area contributed by atoms with Gasteiger partial charge >= 0.3 is 0 Å². The van der Waals surface area contributed by atoms with E-state index in [4.69, 9.17) is 0 Å². The second-order valence-corrected chi connectivity index (χ2v) is 5.62. The van der Waals surface area contributed by atoms with Crippen LogP contribution >= 0.6 is 0 Å². The number of nitrogens with zero attached hydrogens (tertiary/aromatic N) is 3. The van der Waals surface area contributed by atoms with Gasteiger partial charge in [-0.15, -0.1) is 0 Å². The van der Waals surface area contributed by atoms with Crippen LogP contribution in [-0.4, -0.2) is 37.3 Å². The fourth-order valence-corrected chi connectivity index (χ4v) is 2.88. The molecule has 0 fully saturated rings. The Hall–Kier alpha value is -3.22. The monoisotopic (exact) mass is 321 g/mol. The molecule has 120 valence electrons. The quantitative estimate of drug-likeness (QED) is 0.745. The number of H-pyrrole nitrogens is 2. The molecule has 0 saturated heterocycles. The predicted molar refractivity (Wildman–Crippen MR) is 87.3 cm³/mol. The first-order valence-electron chi connectivity index (χ1n) is 7.68. The Morgan fingerprint density at radius 1 is 1.21 bits per heavy atom. The van der Waals surface area contributed by atoms with Crippen LogP contribution in [0.3, 0.4) is 0 Å². The van der Waals surface area contributed by atoms with Gasteiger partial charge in [0.15, 0.2) is 5.82 Å². The van der Waals surface area contributed by atoms with Crippen LogP contribution in [0.2, 0.25) is 0 Å². The second-order valence-electron chi connectivity index (χ2n) is 5.62. The van der Waals surface area contributed by atoms with E-state index in [-0.39, 0.29) is 11.5 Å². The van der Waals surface area contributed by atoms with Crippen molar-refractivity contribution >= 4 is 5.91 Å². The lowest BCUT2D eigenvalue weighted by Crippen LogP contribution is -2.39. The number of imidazole rings is 1. The minimum absolute atomic E-state index is 0.135. The van der Waals surface area contributed by atoms with Crippen molar-refractivity contribution in [3.05, 3.63) is 70.2 Å². The number of aromatic amines is 2. The van der Waals surface area contributed by atoms with Gasteiger partial charge in [-0.25, -0.2) is 9.97 Å². The third-order valence-corrected chi connectivity index (χ3v) is 4.11. The van der Waals surface area contributed by atoms with Crippen molar-refractivity contribution in [2.45, 2.75) is 13.0 Å². The molecule has 0 spiro atoms. The van der Waals surface area contributed by atoms with E-state index >= 15 is 0 Å². The molecule has 1 aromatic carbocycles. The van der Waals surface area contributed by atoms with Gasteiger partial charge in [-0.05, 0) is 6.42 Å². The molecule has 7 heteroatoms. The van der Waals surface area contributed by atoms with Crippen LogP contribution in [0.4, 0.5) is 0 Å². The van der Waals surface area contributed by atoms with Crippen molar-refractivity contribution < 1.29 is 4.79 Å². The van der Waals surface area contributed by atoms with Crippen LogP contribution in [0, 0.1) is 0 Å². The Balaban J connectivity index is 1.69. The number of hydrogen-bond donors (Lipinski definition) is 2. The molecular formula is C17H15N5O2. The van der Waals surface area contributed by atoms with E-state index in [0.717, 1.165) is 5.56 Å². The molecule has 1 aliphatic heterocycles. The fourth-order valence-electron chi connectivity index (χ4n) is 2.88. The third-order valence-electron chi connectivity index (χ3n) is 4.11. The van der Waals surface area contributed by atoms with Crippen molar-refractivity contribution in [1.29, 1.82) is 0 Å². The minimum atomic E-state index is -0.186. The molecular weight excluding hydrogens is 306 g/mol. The second kappa shape index (κ2) is 5.77. The number of carbonyl (C=O) groups excluding carboxylic acids is 1. The van der Waals surface area contributed by atoms with Crippen molar-refractivity contribution in [1.82, 2.24) is 24.8 Å². The van der Waals surface area contributed by atoms with Gasteiger partial charge in [-0.1, -0.05) is 30.3 Å². The molecule has 1 amide bonds. The lowest BCUT2D eigenvalue weighted by Gasteiger charge is -2.27. The van der Waals surface area contributed by atoms with E-state index in [1.54, 1.807) is 17.3 Å². The molecule has 2 aromatic heterocycles. The van der Waals surface area contributed by atoms with Crippen LogP contribution in [0.5, 0.6) is 0 Å². The number of aromatic nitrogens is 4. The number of fused-ring (bicyclic) bond motifs is 1. The highest BCUT2D eigenvalue weighted by atomic mass is 16.2. The summed E-state index contributed by atoms with van der Waals surface area (Å²) < 4.78 is 0.